The maximum Gasteiger partial charge on any atom is 0.115 e. The largest absolute Gasteiger partial charge is 0.295 e. The Hall–Kier alpha value is -0.110. The highest BCUT2D eigenvalue weighted by molar-refractivity contribution is 5.03. The number of hydrogen-bond acceptors (Lipinski definition) is 1. The van der Waals surface area contributed by atoms with E-state index < -0.39 is 24.7 Å². The van der Waals surface area contributed by atoms with Gasteiger partial charge < -0.3 is 0 Å². The van der Waals surface area contributed by atoms with Crippen molar-refractivity contribution in [2.45, 2.75) is 51.2 Å². The summed E-state index contributed by atoms with van der Waals surface area (Å²) < 4.78 is 53.3. The fourth-order valence-corrected chi connectivity index (χ4v) is 2.48. The van der Waals surface area contributed by atoms with Crippen LogP contribution >= 0.6 is 0 Å². The van der Waals surface area contributed by atoms with Gasteiger partial charge in [-0.15, -0.1) is 0 Å². The normalized spacial score (nSPS) is 59.2. The van der Waals surface area contributed by atoms with Crippen LogP contribution in [0.3, 0.4) is 0 Å². The summed E-state index contributed by atoms with van der Waals surface area (Å²) in [7, 11) is 0. The molecular weight excluding hydrogens is 165 g/mol. The number of hydrogen-bond donors (Lipinski definition) is 0. The molecule has 0 bridgehead atoms. The molecule has 0 N–H and O–H groups in total. The van der Waals surface area contributed by atoms with Gasteiger partial charge in [0.1, 0.15) is 6.15 Å². The molecule has 2 saturated heterocycles. The van der Waals surface area contributed by atoms with Crippen LogP contribution in [0.5, 0.6) is 0 Å². The molecule has 2 atom stereocenters. The fraction of sp³-hybridized carbons (Fsp3) is 1.00. The van der Waals surface area contributed by atoms with Crippen molar-refractivity contribution >= 4 is 0 Å². The second kappa shape index (κ2) is 3.23. The van der Waals surface area contributed by atoms with Gasteiger partial charge in [0, 0.05) is 17.5 Å². The SMILES string of the molecule is [2H]C1([2H])CC[C@@]2(CC(C)C)C[C@@]([2H])(F)C([2H])([2H])N12. The van der Waals surface area contributed by atoms with Crippen molar-refractivity contribution in [2.24, 2.45) is 5.92 Å². The van der Waals surface area contributed by atoms with Gasteiger partial charge in [0.2, 0.25) is 0 Å². The zero-order valence-corrected chi connectivity index (χ0v) is 8.23. The topological polar surface area (TPSA) is 3.24 Å². The minimum Gasteiger partial charge on any atom is -0.295 e. The quantitative estimate of drug-likeness (QED) is 0.647. The van der Waals surface area contributed by atoms with E-state index in [2.05, 4.69) is 0 Å². The van der Waals surface area contributed by atoms with Gasteiger partial charge in [0.15, 0.2) is 0 Å². The molecule has 0 radical (unpaired) electrons. The molecule has 1 nitrogen and oxygen atoms in total. The Morgan fingerprint density at radius 3 is 3.23 bits per heavy atom. The van der Waals surface area contributed by atoms with Crippen LogP contribution in [0.25, 0.3) is 0 Å². The van der Waals surface area contributed by atoms with E-state index in [9.17, 15) is 4.39 Å². The van der Waals surface area contributed by atoms with Crippen molar-refractivity contribution in [3.8, 4) is 0 Å². The first-order chi connectivity index (χ1) is 7.95. The summed E-state index contributed by atoms with van der Waals surface area (Å²) >= 11 is 0. The Morgan fingerprint density at radius 2 is 2.54 bits per heavy atom. The van der Waals surface area contributed by atoms with Crippen LogP contribution in [0.4, 0.5) is 4.39 Å². The predicted octanol–water partition coefficient (Wildman–Crippen LogP) is 2.61. The van der Waals surface area contributed by atoms with Crippen LogP contribution in [0.15, 0.2) is 0 Å². The van der Waals surface area contributed by atoms with Gasteiger partial charge >= 0.3 is 0 Å². The lowest BCUT2D eigenvalue weighted by Gasteiger charge is -2.33. The standard InChI is InChI=1S/C11H20FN/c1-9(2)6-11-4-3-5-13(11)8-10(12)7-11/h9-10H,3-8H2,1-2H3/t10-,11-/m1/s1/i5D2,8D2,10D. The lowest BCUT2D eigenvalue weighted by atomic mass is 9.85. The Morgan fingerprint density at radius 1 is 1.77 bits per heavy atom. The van der Waals surface area contributed by atoms with E-state index >= 15 is 0 Å². The van der Waals surface area contributed by atoms with Gasteiger partial charge in [-0.25, -0.2) is 4.39 Å². The zero-order chi connectivity index (χ0) is 14.0. The number of rotatable bonds is 2. The highest BCUT2D eigenvalue weighted by Crippen LogP contribution is 2.43. The molecule has 13 heavy (non-hydrogen) atoms. The van der Waals surface area contributed by atoms with Crippen molar-refractivity contribution < 1.29 is 11.2 Å². The van der Waals surface area contributed by atoms with Crippen molar-refractivity contribution in [3.05, 3.63) is 0 Å². The second-order valence-corrected chi connectivity index (χ2v) is 4.51. The first kappa shape index (κ1) is 5.11. The Bertz CT molecular complexity index is 357. The molecule has 0 aliphatic carbocycles. The van der Waals surface area contributed by atoms with Crippen LogP contribution in [0, 0.1) is 5.92 Å². The lowest BCUT2D eigenvalue weighted by Crippen LogP contribution is -2.39. The summed E-state index contributed by atoms with van der Waals surface area (Å²) in [6.45, 7) is -0.522. The Kier molecular flexibility index (Phi) is 1.27. The molecule has 2 aliphatic heterocycles. The third kappa shape index (κ3) is 1.61. The summed E-state index contributed by atoms with van der Waals surface area (Å²) in [6, 6.07) is 0. The second-order valence-electron chi connectivity index (χ2n) is 4.51. The van der Waals surface area contributed by atoms with Gasteiger partial charge in [-0.3, -0.25) is 4.90 Å². The van der Waals surface area contributed by atoms with Crippen LogP contribution in [-0.4, -0.2) is 29.6 Å². The molecule has 0 spiro atoms. The number of fused-ring (bicyclic) bond motifs is 1. The fourth-order valence-electron chi connectivity index (χ4n) is 2.48. The molecule has 0 amide bonds. The van der Waals surface area contributed by atoms with Gasteiger partial charge in [0.05, 0.1) is 1.37 Å². The molecule has 0 aromatic heterocycles. The van der Waals surface area contributed by atoms with Crippen molar-refractivity contribution in [1.82, 2.24) is 4.90 Å². The molecule has 2 aliphatic rings. The molecule has 2 heterocycles. The summed E-state index contributed by atoms with van der Waals surface area (Å²) in [5, 5.41) is 0. The first-order valence-electron chi connectivity index (χ1n) is 7.44. The minimum absolute atomic E-state index is 0.204. The lowest BCUT2D eigenvalue weighted by molar-refractivity contribution is 0.163. The summed E-state index contributed by atoms with van der Waals surface area (Å²) in [6.07, 6.45) is -1.84. The molecule has 2 heteroatoms. The number of nitrogens with zero attached hydrogens (tertiary/aromatic N) is 1. The maximum atomic E-state index is 14.2. The van der Waals surface area contributed by atoms with E-state index in [4.69, 9.17) is 6.85 Å². The van der Waals surface area contributed by atoms with Gasteiger partial charge in [-0.2, -0.15) is 0 Å². The van der Waals surface area contributed by atoms with Gasteiger partial charge in [-0.05, 0) is 38.1 Å². The molecule has 2 fully saturated rings. The smallest absolute Gasteiger partial charge is 0.115 e. The van der Waals surface area contributed by atoms with E-state index in [0.717, 1.165) is 4.90 Å². The van der Waals surface area contributed by atoms with E-state index in [1.54, 1.807) is 0 Å². The van der Waals surface area contributed by atoms with Crippen molar-refractivity contribution in [2.75, 3.05) is 13.0 Å². The zero-order valence-electron chi connectivity index (χ0n) is 13.2. The van der Waals surface area contributed by atoms with E-state index in [-0.39, 0.29) is 18.8 Å². The van der Waals surface area contributed by atoms with Crippen LogP contribution < -0.4 is 0 Å². The van der Waals surface area contributed by atoms with Crippen molar-refractivity contribution in [1.29, 1.82) is 0 Å². The third-order valence-electron chi connectivity index (χ3n) is 2.84. The minimum atomic E-state index is -2.74. The molecule has 0 saturated carbocycles. The van der Waals surface area contributed by atoms with E-state index in [1.165, 1.54) is 0 Å². The molecule has 0 aromatic rings. The monoisotopic (exact) mass is 190 g/mol. The highest BCUT2D eigenvalue weighted by Gasteiger charge is 2.48. The maximum absolute atomic E-state index is 14.2. The van der Waals surface area contributed by atoms with Gasteiger partial charge in [0.25, 0.3) is 0 Å². The first-order valence-corrected chi connectivity index (χ1v) is 4.94. The van der Waals surface area contributed by atoms with Crippen LogP contribution in [-0.2, 0) is 0 Å². The summed E-state index contributed by atoms with van der Waals surface area (Å²) in [5.74, 6) is 0.214. The Balaban J connectivity index is 2.47. The predicted molar refractivity (Wildman–Crippen MR) is 52.5 cm³/mol. The third-order valence-corrected chi connectivity index (χ3v) is 2.84. The van der Waals surface area contributed by atoms with E-state index in [0.29, 0.717) is 12.8 Å². The molecule has 2 rings (SSSR count). The number of halogens is 1. The average molecular weight is 190 g/mol. The Labute approximate surface area is 87.3 Å². The molecule has 0 aromatic carbocycles. The van der Waals surface area contributed by atoms with E-state index in [1.807, 2.05) is 13.8 Å². The highest BCUT2D eigenvalue weighted by atomic mass is 19.1. The molecular formula is C11H20FN. The van der Waals surface area contributed by atoms with Crippen LogP contribution in [0.2, 0.25) is 0 Å². The molecule has 76 valence electrons. The summed E-state index contributed by atoms with van der Waals surface area (Å²) in [5.41, 5.74) is -0.850. The molecule has 0 unspecified atom stereocenters. The van der Waals surface area contributed by atoms with Crippen molar-refractivity contribution in [3.63, 3.8) is 0 Å². The summed E-state index contributed by atoms with van der Waals surface area (Å²) in [4.78, 5) is 1.01. The van der Waals surface area contributed by atoms with Crippen LogP contribution in [0.1, 0.15) is 46.4 Å². The average Bonchev–Trinajstić information content (AvgIpc) is 2.42. The van der Waals surface area contributed by atoms with Gasteiger partial charge in [-0.1, -0.05) is 13.8 Å². The number of alkyl halides is 1.